The summed E-state index contributed by atoms with van der Waals surface area (Å²) in [6.07, 6.45) is 0.668. The summed E-state index contributed by atoms with van der Waals surface area (Å²) in [4.78, 5) is 2.71. The van der Waals surface area contributed by atoms with E-state index in [1.807, 2.05) is 13.0 Å². The molecular formula is C17H23N3O2S. The highest BCUT2D eigenvalue weighted by molar-refractivity contribution is 7.91. The van der Waals surface area contributed by atoms with Crippen molar-refractivity contribution < 1.29 is 8.42 Å². The molecule has 0 atom stereocenters. The first-order valence-corrected chi connectivity index (χ1v) is 9.64. The highest BCUT2D eigenvalue weighted by Gasteiger charge is 2.29. The van der Waals surface area contributed by atoms with E-state index in [0.29, 0.717) is 17.4 Å². The van der Waals surface area contributed by atoms with Crippen LogP contribution in [0, 0.1) is 13.8 Å². The Labute approximate surface area is 137 Å². The SMILES string of the molecule is Cc1cc(C)n(C2CN(CCCS(=O)(=O)c3ccccc3)C2)n1. The molecule has 0 spiro atoms. The topological polar surface area (TPSA) is 55.2 Å². The van der Waals surface area contributed by atoms with Gasteiger partial charge in [0.25, 0.3) is 0 Å². The number of nitrogens with zero attached hydrogens (tertiary/aromatic N) is 3. The molecule has 0 saturated carbocycles. The maximum absolute atomic E-state index is 12.2. The monoisotopic (exact) mass is 333 g/mol. The summed E-state index contributed by atoms with van der Waals surface area (Å²) in [6, 6.07) is 11.2. The van der Waals surface area contributed by atoms with Gasteiger partial charge in [0.2, 0.25) is 0 Å². The molecule has 6 heteroatoms. The molecular weight excluding hydrogens is 310 g/mol. The maximum Gasteiger partial charge on any atom is 0.178 e. The van der Waals surface area contributed by atoms with Gasteiger partial charge >= 0.3 is 0 Å². The van der Waals surface area contributed by atoms with Gasteiger partial charge in [-0.1, -0.05) is 18.2 Å². The second-order valence-electron chi connectivity index (χ2n) is 6.27. The Morgan fingerprint density at radius 1 is 1.17 bits per heavy atom. The van der Waals surface area contributed by atoms with E-state index in [1.165, 1.54) is 5.69 Å². The number of hydrogen-bond acceptors (Lipinski definition) is 4. The van der Waals surface area contributed by atoms with Crippen molar-refractivity contribution in [1.29, 1.82) is 0 Å². The summed E-state index contributed by atoms with van der Waals surface area (Å²) >= 11 is 0. The van der Waals surface area contributed by atoms with E-state index < -0.39 is 9.84 Å². The Balaban J connectivity index is 1.46. The lowest BCUT2D eigenvalue weighted by Gasteiger charge is -2.39. The van der Waals surface area contributed by atoms with Gasteiger partial charge in [-0.2, -0.15) is 5.10 Å². The highest BCUT2D eigenvalue weighted by Crippen LogP contribution is 2.23. The zero-order chi connectivity index (χ0) is 16.4. The molecule has 124 valence electrons. The predicted octanol–water partition coefficient (Wildman–Crippen LogP) is 2.22. The lowest BCUT2D eigenvalue weighted by atomic mass is 10.1. The molecule has 1 aromatic carbocycles. The molecule has 1 aromatic heterocycles. The fraction of sp³-hybridized carbons (Fsp3) is 0.471. The molecule has 0 amide bonds. The molecule has 1 fully saturated rings. The van der Waals surface area contributed by atoms with Crippen molar-refractivity contribution in [3.05, 3.63) is 47.8 Å². The minimum Gasteiger partial charge on any atom is -0.299 e. The Morgan fingerprint density at radius 2 is 1.87 bits per heavy atom. The highest BCUT2D eigenvalue weighted by atomic mass is 32.2. The van der Waals surface area contributed by atoms with Gasteiger partial charge in [0.1, 0.15) is 0 Å². The minimum absolute atomic E-state index is 0.206. The third-order valence-corrected chi connectivity index (χ3v) is 6.13. The van der Waals surface area contributed by atoms with Crippen LogP contribution in [0.15, 0.2) is 41.3 Å². The van der Waals surface area contributed by atoms with E-state index in [0.717, 1.165) is 25.3 Å². The van der Waals surface area contributed by atoms with Crippen LogP contribution in [0.2, 0.25) is 0 Å². The Bertz CT molecular complexity index is 762. The summed E-state index contributed by atoms with van der Waals surface area (Å²) < 4.78 is 26.5. The molecule has 0 N–H and O–H groups in total. The minimum atomic E-state index is -3.15. The summed E-state index contributed by atoms with van der Waals surface area (Å²) in [6.45, 7) is 6.81. The smallest absolute Gasteiger partial charge is 0.178 e. The maximum atomic E-state index is 12.2. The molecule has 5 nitrogen and oxygen atoms in total. The van der Waals surface area contributed by atoms with Crippen LogP contribution in [0.5, 0.6) is 0 Å². The van der Waals surface area contributed by atoms with Gasteiger partial charge in [-0.25, -0.2) is 8.42 Å². The van der Waals surface area contributed by atoms with Gasteiger partial charge in [0.15, 0.2) is 9.84 Å². The standard InChI is InChI=1S/C17H23N3O2S/c1-14-11-15(2)20(18-14)16-12-19(13-16)9-6-10-23(21,22)17-7-4-3-5-8-17/h3-5,7-8,11,16H,6,9-10,12-13H2,1-2H3. The fourth-order valence-corrected chi connectivity index (χ4v) is 4.44. The summed E-state index contributed by atoms with van der Waals surface area (Å²) in [7, 11) is -3.15. The van der Waals surface area contributed by atoms with Crippen LogP contribution in [-0.2, 0) is 9.84 Å². The number of sulfone groups is 1. The van der Waals surface area contributed by atoms with Gasteiger partial charge in [-0.05, 0) is 45.0 Å². The number of hydrogen-bond donors (Lipinski definition) is 0. The first-order chi connectivity index (χ1) is 11.0. The van der Waals surface area contributed by atoms with Crippen molar-refractivity contribution in [3.8, 4) is 0 Å². The van der Waals surface area contributed by atoms with Gasteiger partial charge < -0.3 is 0 Å². The number of benzene rings is 1. The van der Waals surface area contributed by atoms with E-state index in [1.54, 1.807) is 24.3 Å². The van der Waals surface area contributed by atoms with E-state index in [-0.39, 0.29) is 5.75 Å². The van der Waals surface area contributed by atoms with E-state index >= 15 is 0 Å². The van der Waals surface area contributed by atoms with Gasteiger partial charge in [0.05, 0.1) is 22.4 Å². The van der Waals surface area contributed by atoms with Crippen molar-refractivity contribution in [2.45, 2.75) is 31.2 Å². The molecule has 23 heavy (non-hydrogen) atoms. The summed E-state index contributed by atoms with van der Waals surface area (Å²) in [5.74, 6) is 0.206. The molecule has 2 heterocycles. The van der Waals surface area contributed by atoms with Gasteiger partial charge in [-0.15, -0.1) is 0 Å². The average Bonchev–Trinajstić information content (AvgIpc) is 2.81. The quantitative estimate of drug-likeness (QED) is 0.813. The largest absolute Gasteiger partial charge is 0.299 e. The van der Waals surface area contributed by atoms with Gasteiger partial charge in [-0.3, -0.25) is 9.58 Å². The molecule has 1 aliphatic rings. The Hall–Kier alpha value is -1.66. The number of rotatable bonds is 6. The van der Waals surface area contributed by atoms with Crippen LogP contribution >= 0.6 is 0 Å². The van der Waals surface area contributed by atoms with Crippen LogP contribution in [0.25, 0.3) is 0 Å². The van der Waals surface area contributed by atoms with Crippen molar-refractivity contribution in [2.24, 2.45) is 0 Å². The van der Waals surface area contributed by atoms with Crippen LogP contribution < -0.4 is 0 Å². The summed E-state index contributed by atoms with van der Waals surface area (Å²) in [5, 5.41) is 4.52. The lowest BCUT2D eigenvalue weighted by molar-refractivity contribution is 0.0975. The van der Waals surface area contributed by atoms with Crippen molar-refractivity contribution in [2.75, 3.05) is 25.4 Å². The fourth-order valence-electron chi connectivity index (χ4n) is 3.12. The molecule has 0 radical (unpaired) electrons. The normalized spacial score (nSPS) is 16.4. The zero-order valence-electron chi connectivity index (χ0n) is 13.6. The van der Waals surface area contributed by atoms with Crippen molar-refractivity contribution in [1.82, 2.24) is 14.7 Å². The lowest BCUT2D eigenvalue weighted by Crippen LogP contribution is -2.48. The van der Waals surface area contributed by atoms with Crippen LogP contribution in [0.3, 0.4) is 0 Å². The molecule has 0 unspecified atom stereocenters. The first-order valence-electron chi connectivity index (χ1n) is 7.98. The molecule has 3 rings (SSSR count). The molecule has 2 aromatic rings. The van der Waals surface area contributed by atoms with Crippen molar-refractivity contribution in [3.63, 3.8) is 0 Å². The predicted molar refractivity (Wildman–Crippen MR) is 90.3 cm³/mol. The van der Waals surface area contributed by atoms with Gasteiger partial charge in [0, 0.05) is 18.8 Å². The van der Waals surface area contributed by atoms with Crippen LogP contribution in [0.1, 0.15) is 23.9 Å². The first kappa shape index (κ1) is 16.2. The summed E-state index contributed by atoms with van der Waals surface area (Å²) in [5.41, 5.74) is 2.24. The van der Waals surface area contributed by atoms with Crippen molar-refractivity contribution >= 4 is 9.84 Å². The third kappa shape index (κ3) is 3.64. The van der Waals surface area contributed by atoms with Crippen LogP contribution in [-0.4, -0.2) is 48.5 Å². The van der Waals surface area contributed by atoms with E-state index in [9.17, 15) is 8.42 Å². The number of aromatic nitrogens is 2. The molecule has 1 saturated heterocycles. The average molecular weight is 333 g/mol. The number of aryl methyl sites for hydroxylation is 2. The number of likely N-dealkylation sites (tertiary alicyclic amines) is 1. The molecule has 0 aliphatic carbocycles. The second-order valence-corrected chi connectivity index (χ2v) is 8.38. The Morgan fingerprint density at radius 3 is 2.48 bits per heavy atom. The third-order valence-electron chi connectivity index (χ3n) is 4.32. The van der Waals surface area contributed by atoms with Crippen LogP contribution in [0.4, 0.5) is 0 Å². The zero-order valence-corrected chi connectivity index (χ0v) is 14.5. The second kappa shape index (κ2) is 6.45. The molecule has 1 aliphatic heterocycles. The Kier molecular flexibility index (Phi) is 4.55. The molecule has 0 bridgehead atoms. The van der Waals surface area contributed by atoms with E-state index in [4.69, 9.17) is 0 Å². The van der Waals surface area contributed by atoms with E-state index in [2.05, 4.69) is 27.7 Å².